The Morgan fingerprint density at radius 1 is 0.868 bits per heavy atom. The standard InChI is InChI=1S/C28H28F6NO3/c1-16(2)23-15-38-14-22(13-19-7-12-24(36)35(23)26(19)38)37-25(17-3-8-20(9-4-17)27(29,30)31)18-5-10-21(11-6-18)28(32,33)34/h3-11,16,22-23,25-26H,12-15H2,1-2H3/q+1/t22-,23-,26?/m1/s1. The predicted molar refractivity (Wildman–Crippen MR) is 127 cm³/mol. The number of alkyl halides is 6. The third kappa shape index (κ3) is 5.08. The van der Waals surface area contributed by atoms with Gasteiger partial charge in [-0.1, -0.05) is 44.2 Å². The topological polar surface area (TPSA) is 32.2 Å². The van der Waals surface area contributed by atoms with Crippen molar-refractivity contribution in [1.82, 2.24) is 4.90 Å². The largest absolute Gasteiger partial charge is 0.416 e. The second kappa shape index (κ2) is 9.72. The van der Waals surface area contributed by atoms with E-state index in [9.17, 15) is 31.1 Å². The molecular weight excluding hydrogens is 512 g/mol. The van der Waals surface area contributed by atoms with Crippen molar-refractivity contribution in [2.75, 3.05) is 13.2 Å². The molecule has 4 nitrogen and oxygen atoms in total. The van der Waals surface area contributed by atoms with Crippen LogP contribution in [0.4, 0.5) is 26.3 Å². The molecule has 0 N–H and O–H groups in total. The highest BCUT2D eigenvalue weighted by Crippen LogP contribution is 2.43. The van der Waals surface area contributed by atoms with Gasteiger partial charge in [-0.15, -0.1) is 0 Å². The molecule has 2 saturated heterocycles. The summed E-state index contributed by atoms with van der Waals surface area (Å²) < 4.78 is 88.6. The molecule has 10 heteroatoms. The first kappa shape index (κ1) is 26.7. The fourth-order valence-electron chi connectivity index (χ4n) is 5.60. The van der Waals surface area contributed by atoms with E-state index in [0.717, 1.165) is 29.8 Å². The summed E-state index contributed by atoms with van der Waals surface area (Å²) in [5.41, 5.74) is 0.184. The van der Waals surface area contributed by atoms with Crippen LogP contribution in [0.1, 0.15) is 55.0 Å². The minimum Gasteiger partial charge on any atom is -0.396 e. The van der Waals surface area contributed by atoms with Gasteiger partial charge in [0.1, 0.15) is 18.2 Å². The number of hydrogen-bond donors (Lipinski definition) is 0. The zero-order valence-corrected chi connectivity index (χ0v) is 20.9. The van der Waals surface area contributed by atoms with E-state index in [1.165, 1.54) is 24.3 Å². The van der Waals surface area contributed by atoms with Crippen LogP contribution < -0.4 is 0 Å². The maximum absolute atomic E-state index is 13.2. The van der Waals surface area contributed by atoms with Gasteiger partial charge in [0.15, 0.2) is 13.2 Å². The van der Waals surface area contributed by atoms with Gasteiger partial charge in [0, 0.05) is 18.4 Å². The molecule has 0 spiro atoms. The molecule has 3 atom stereocenters. The Bertz CT molecular complexity index is 1150. The van der Waals surface area contributed by atoms with Gasteiger partial charge in [-0.3, -0.25) is 9.69 Å². The van der Waals surface area contributed by atoms with Crippen LogP contribution in [0.2, 0.25) is 0 Å². The lowest BCUT2D eigenvalue weighted by atomic mass is 9.95. The van der Waals surface area contributed by atoms with Crippen LogP contribution in [-0.4, -0.2) is 42.4 Å². The van der Waals surface area contributed by atoms with Crippen molar-refractivity contribution in [3.63, 3.8) is 0 Å². The molecule has 0 bridgehead atoms. The Kier molecular flexibility index (Phi) is 6.84. The Hall–Kier alpha value is -2.85. The highest BCUT2D eigenvalue weighted by molar-refractivity contribution is 5.80. The number of ether oxygens (including phenoxy) is 1. The van der Waals surface area contributed by atoms with Crippen LogP contribution >= 0.6 is 0 Å². The van der Waals surface area contributed by atoms with Crippen molar-refractivity contribution >= 4 is 5.91 Å². The molecule has 5 rings (SSSR count). The number of carbonyl (C=O) groups excluding carboxylic acids is 1. The van der Waals surface area contributed by atoms with E-state index in [1.54, 1.807) is 0 Å². The van der Waals surface area contributed by atoms with E-state index in [4.69, 9.17) is 4.74 Å². The first-order valence-corrected chi connectivity index (χ1v) is 12.5. The number of amides is 1. The van der Waals surface area contributed by atoms with E-state index >= 15 is 0 Å². The summed E-state index contributed by atoms with van der Waals surface area (Å²) in [5, 5.41) is 0. The molecule has 3 heterocycles. The summed E-state index contributed by atoms with van der Waals surface area (Å²) >= 11 is 0. The quantitative estimate of drug-likeness (QED) is 0.241. The number of carbonyl (C=O) groups is 1. The van der Waals surface area contributed by atoms with E-state index < -0.39 is 35.7 Å². The maximum Gasteiger partial charge on any atom is 0.416 e. The van der Waals surface area contributed by atoms with Gasteiger partial charge in [0.2, 0.25) is 5.91 Å². The third-order valence-electron chi connectivity index (χ3n) is 7.50. The molecule has 1 unspecified atom stereocenters. The van der Waals surface area contributed by atoms with Crippen LogP contribution in [-0.2, 0) is 26.3 Å². The van der Waals surface area contributed by atoms with Gasteiger partial charge in [-0.25, -0.2) is 0 Å². The van der Waals surface area contributed by atoms with Gasteiger partial charge in [-0.05, 0) is 41.3 Å². The van der Waals surface area contributed by atoms with Crippen molar-refractivity contribution in [3.8, 4) is 0 Å². The summed E-state index contributed by atoms with van der Waals surface area (Å²) in [6.07, 6.45) is -7.83. The fourth-order valence-corrected chi connectivity index (χ4v) is 5.60. The minimum atomic E-state index is -4.52. The van der Waals surface area contributed by atoms with E-state index in [1.807, 2.05) is 11.0 Å². The van der Waals surface area contributed by atoms with Crippen molar-refractivity contribution in [2.45, 2.75) is 63.5 Å². The van der Waals surface area contributed by atoms with Crippen molar-refractivity contribution in [3.05, 3.63) is 82.4 Å². The van der Waals surface area contributed by atoms with Crippen LogP contribution in [0.15, 0.2) is 60.2 Å². The molecule has 2 aromatic carbocycles. The second-order valence-corrected chi connectivity index (χ2v) is 10.4. The summed E-state index contributed by atoms with van der Waals surface area (Å²) in [6.45, 7) is 5.13. The SMILES string of the molecule is CC(C)[C@H]1C[O+]2C[C@H](OC(c3ccc(C(F)(F)F)cc3)c3ccc(C(F)(F)F)cc3)CC3=CCC(=O)N1C32. The molecule has 3 aliphatic heterocycles. The van der Waals surface area contributed by atoms with Crippen molar-refractivity contribution < 1.29 is 40.2 Å². The number of rotatable bonds is 5. The molecule has 0 saturated carbocycles. The van der Waals surface area contributed by atoms with Crippen molar-refractivity contribution in [1.29, 1.82) is 0 Å². The van der Waals surface area contributed by atoms with Crippen molar-refractivity contribution in [2.24, 2.45) is 5.92 Å². The third-order valence-corrected chi connectivity index (χ3v) is 7.50. The Morgan fingerprint density at radius 3 is 1.87 bits per heavy atom. The minimum absolute atomic E-state index is 0.0283. The first-order chi connectivity index (χ1) is 17.8. The Labute approximate surface area is 216 Å². The lowest BCUT2D eigenvalue weighted by Gasteiger charge is -2.39. The van der Waals surface area contributed by atoms with Gasteiger partial charge in [-0.2, -0.15) is 26.3 Å². The van der Waals surface area contributed by atoms with Gasteiger partial charge in [0.05, 0.1) is 11.1 Å². The molecule has 2 fully saturated rings. The van der Waals surface area contributed by atoms with E-state index in [0.29, 0.717) is 30.8 Å². The smallest absolute Gasteiger partial charge is 0.396 e. The number of nitrogens with zero attached hydrogens (tertiary/aromatic N) is 1. The summed E-state index contributed by atoms with van der Waals surface area (Å²) in [5.74, 6) is 0.307. The maximum atomic E-state index is 13.2. The molecule has 2 aromatic rings. The predicted octanol–water partition coefficient (Wildman–Crippen LogP) is 6.68. The molecule has 0 radical (unpaired) electrons. The van der Waals surface area contributed by atoms with Crippen LogP contribution in [0.3, 0.4) is 0 Å². The Morgan fingerprint density at radius 2 is 1.39 bits per heavy atom. The second-order valence-electron chi connectivity index (χ2n) is 10.4. The normalized spacial score (nSPS) is 24.3. The highest BCUT2D eigenvalue weighted by Gasteiger charge is 2.55. The van der Waals surface area contributed by atoms with Crippen LogP contribution in [0.25, 0.3) is 0 Å². The van der Waals surface area contributed by atoms with E-state index in [2.05, 4.69) is 18.2 Å². The molecule has 1 amide bonds. The average molecular weight is 541 g/mol. The summed E-state index contributed by atoms with van der Waals surface area (Å²) in [6, 6.07) is 9.02. The summed E-state index contributed by atoms with van der Waals surface area (Å²) in [4.78, 5) is 14.6. The zero-order chi connectivity index (χ0) is 27.4. The fraction of sp³-hybridized carbons (Fsp3) is 0.464. The average Bonchev–Trinajstić information content (AvgIpc) is 3.25. The molecule has 204 valence electrons. The van der Waals surface area contributed by atoms with Gasteiger partial charge >= 0.3 is 12.4 Å². The molecule has 0 aliphatic carbocycles. The zero-order valence-electron chi connectivity index (χ0n) is 20.9. The Balaban J connectivity index is 1.45. The lowest BCUT2D eigenvalue weighted by molar-refractivity contribution is -0.224. The molecular formula is C28H28F6NO3+. The number of halogens is 6. The van der Waals surface area contributed by atoms with Gasteiger partial charge in [0.25, 0.3) is 6.23 Å². The lowest BCUT2D eigenvalue weighted by Crippen LogP contribution is -2.51. The highest BCUT2D eigenvalue weighted by atomic mass is 19.4. The van der Waals surface area contributed by atoms with Gasteiger partial charge < -0.3 is 9.10 Å². The van der Waals surface area contributed by atoms with E-state index in [-0.39, 0.29) is 30.5 Å². The molecule has 38 heavy (non-hydrogen) atoms. The molecule has 0 aromatic heterocycles. The first-order valence-electron chi connectivity index (χ1n) is 12.5. The molecule has 3 aliphatic rings. The van der Waals surface area contributed by atoms with Crippen LogP contribution in [0, 0.1) is 5.92 Å². The van der Waals surface area contributed by atoms with Crippen LogP contribution in [0.5, 0.6) is 0 Å². The summed E-state index contributed by atoms with van der Waals surface area (Å²) in [7, 11) is 0. The number of benzene rings is 2. The number of hydrogen-bond acceptors (Lipinski definition) is 2. The monoisotopic (exact) mass is 540 g/mol.